The Morgan fingerprint density at radius 2 is 0.897 bits per heavy atom. The summed E-state index contributed by atoms with van der Waals surface area (Å²) in [6, 6.07) is 85.9. The van der Waals surface area contributed by atoms with Crippen molar-refractivity contribution in [1.82, 2.24) is 9.88 Å². The predicted octanol–water partition coefficient (Wildman–Crippen LogP) is 15.8. The number of aliphatic imine (C=N–C) groups is 2. The highest BCUT2D eigenvalue weighted by Gasteiger charge is 2.25. The van der Waals surface area contributed by atoms with E-state index in [1.807, 2.05) is 12.1 Å². The molecule has 0 aliphatic carbocycles. The molecule has 0 radical (unpaired) electrons. The van der Waals surface area contributed by atoms with Crippen LogP contribution in [-0.4, -0.2) is 16.2 Å². The maximum Gasteiger partial charge on any atom is 0.163 e. The van der Waals surface area contributed by atoms with Gasteiger partial charge in [-0.25, -0.2) is 9.98 Å². The van der Waals surface area contributed by atoms with E-state index in [1.165, 1.54) is 33.2 Å². The molecule has 0 spiro atoms. The molecule has 2 aromatic heterocycles. The average Bonchev–Trinajstić information content (AvgIpc) is 3.96. The zero-order chi connectivity index (χ0) is 45.0. The smallest absolute Gasteiger partial charge is 0.163 e. The van der Waals surface area contributed by atoms with Crippen LogP contribution in [0.3, 0.4) is 0 Å². The molecular formula is C63H42N4O. The van der Waals surface area contributed by atoms with Gasteiger partial charge in [-0.15, -0.1) is 0 Å². The van der Waals surface area contributed by atoms with Crippen molar-refractivity contribution >= 4 is 55.4 Å². The minimum atomic E-state index is -0.387. The number of para-hydroxylation sites is 2. The van der Waals surface area contributed by atoms with E-state index in [9.17, 15) is 0 Å². The number of amidine groups is 2. The maximum atomic E-state index is 6.96. The summed E-state index contributed by atoms with van der Waals surface area (Å²) in [4.78, 5) is 10.6. The van der Waals surface area contributed by atoms with Gasteiger partial charge in [0.15, 0.2) is 5.84 Å². The van der Waals surface area contributed by atoms with Crippen molar-refractivity contribution in [2.75, 3.05) is 0 Å². The Bertz CT molecular complexity index is 3890. The van der Waals surface area contributed by atoms with Gasteiger partial charge < -0.3 is 14.3 Å². The summed E-state index contributed by atoms with van der Waals surface area (Å²) in [6.07, 6.45) is -0.387. The SMILES string of the molecule is c1ccc(-c2ccc(C3=NC(c4cccc5c4oc4cc6c7ccccc7n(-c7cccc(-c8ccc(-c9ccccc9)cc8)c7)c6cc45)=NC(c4ccc(-c5ccccc5)cc4)N3)cc2)cc1. The van der Waals surface area contributed by atoms with E-state index < -0.39 is 0 Å². The molecule has 320 valence electrons. The van der Waals surface area contributed by atoms with Crippen LogP contribution < -0.4 is 5.32 Å². The van der Waals surface area contributed by atoms with Crippen LogP contribution >= 0.6 is 0 Å². The first-order valence-electron chi connectivity index (χ1n) is 23.1. The van der Waals surface area contributed by atoms with Crippen LogP contribution in [0.2, 0.25) is 0 Å². The van der Waals surface area contributed by atoms with Crippen LogP contribution in [-0.2, 0) is 0 Å². The van der Waals surface area contributed by atoms with Crippen LogP contribution in [0.25, 0.3) is 93.9 Å². The third-order valence-corrected chi connectivity index (χ3v) is 13.3. The van der Waals surface area contributed by atoms with E-state index in [1.54, 1.807) is 0 Å². The molecule has 0 amide bonds. The number of furan rings is 1. The van der Waals surface area contributed by atoms with Crippen molar-refractivity contribution in [1.29, 1.82) is 0 Å². The number of nitrogens with zero attached hydrogens (tertiary/aromatic N) is 3. The highest BCUT2D eigenvalue weighted by molar-refractivity contribution is 6.22. The van der Waals surface area contributed by atoms with E-state index in [0.29, 0.717) is 5.84 Å². The molecule has 0 bridgehead atoms. The lowest BCUT2D eigenvalue weighted by molar-refractivity contribution is 0.663. The third kappa shape index (κ3) is 6.97. The van der Waals surface area contributed by atoms with Gasteiger partial charge in [0.05, 0.1) is 16.6 Å². The molecule has 5 heteroatoms. The first-order valence-corrected chi connectivity index (χ1v) is 23.1. The van der Waals surface area contributed by atoms with Crippen LogP contribution in [0.5, 0.6) is 0 Å². The monoisotopic (exact) mass is 870 g/mol. The number of aromatic nitrogens is 1. The molecule has 0 saturated carbocycles. The van der Waals surface area contributed by atoms with Crippen LogP contribution in [0.4, 0.5) is 0 Å². The van der Waals surface area contributed by atoms with E-state index >= 15 is 0 Å². The van der Waals surface area contributed by atoms with E-state index in [4.69, 9.17) is 14.4 Å². The Balaban J connectivity index is 0.923. The van der Waals surface area contributed by atoms with E-state index in [-0.39, 0.29) is 6.17 Å². The molecule has 1 unspecified atom stereocenters. The summed E-state index contributed by atoms with van der Waals surface area (Å²) in [5, 5.41) is 8.03. The van der Waals surface area contributed by atoms with Gasteiger partial charge in [0.25, 0.3) is 0 Å². The number of fused-ring (bicyclic) bond motifs is 6. The lowest BCUT2D eigenvalue weighted by atomic mass is 10.00. The number of hydrogen-bond acceptors (Lipinski definition) is 4. The van der Waals surface area contributed by atoms with Crippen molar-refractivity contribution in [3.8, 4) is 50.2 Å². The lowest BCUT2D eigenvalue weighted by Gasteiger charge is -2.24. The Morgan fingerprint density at radius 1 is 0.382 bits per heavy atom. The summed E-state index contributed by atoms with van der Waals surface area (Å²) in [5.74, 6) is 1.36. The minimum absolute atomic E-state index is 0.387. The molecule has 10 aromatic carbocycles. The van der Waals surface area contributed by atoms with Crippen molar-refractivity contribution in [2.45, 2.75) is 6.17 Å². The number of hydrogen-bond donors (Lipinski definition) is 1. The fourth-order valence-electron chi connectivity index (χ4n) is 9.85. The summed E-state index contributed by atoms with van der Waals surface area (Å²) in [6.45, 7) is 0. The highest BCUT2D eigenvalue weighted by atomic mass is 16.3. The van der Waals surface area contributed by atoms with Crippen molar-refractivity contribution < 1.29 is 4.42 Å². The van der Waals surface area contributed by atoms with Crippen molar-refractivity contribution in [2.24, 2.45) is 9.98 Å². The lowest BCUT2D eigenvalue weighted by Crippen LogP contribution is -2.33. The molecule has 0 saturated heterocycles. The third-order valence-electron chi connectivity index (χ3n) is 13.3. The minimum Gasteiger partial charge on any atom is -0.455 e. The second-order valence-corrected chi connectivity index (χ2v) is 17.4. The van der Waals surface area contributed by atoms with Gasteiger partial charge in [-0.1, -0.05) is 206 Å². The normalized spacial score (nSPS) is 13.7. The molecule has 3 heterocycles. The molecule has 12 aromatic rings. The second-order valence-electron chi connectivity index (χ2n) is 17.4. The van der Waals surface area contributed by atoms with E-state index in [2.05, 4.69) is 240 Å². The topological polar surface area (TPSA) is 54.8 Å². The van der Waals surface area contributed by atoms with Crippen LogP contribution in [0.1, 0.15) is 22.9 Å². The fourth-order valence-corrected chi connectivity index (χ4v) is 9.85. The molecule has 1 atom stereocenters. The summed E-state index contributed by atoms with van der Waals surface area (Å²) < 4.78 is 9.35. The van der Waals surface area contributed by atoms with Crippen LogP contribution in [0.15, 0.2) is 257 Å². The zero-order valence-corrected chi connectivity index (χ0v) is 36.9. The maximum absolute atomic E-state index is 6.96. The quantitative estimate of drug-likeness (QED) is 0.165. The Hall–Kier alpha value is -9.06. The Kier molecular flexibility index (Phi) is 9.50. The molecule has 5 nitrogen and oxygen atoms in total. The summed E-state index contributed by atoms with van der Waals surface area (Å²) >= 11 is 0. The predicted molar refractivity (Wildman–Crippen MR) is 282 cm³/mol. The standard InChI is InChI=1S/C63H42N4O/c1-4-14-41(15-5-1)44-26-28-47(29-27-44)50-20-12-21-51(38-50)67-57-25-11-10-22-52(57)55-40-59-56(39-58(55)67)53-23-13-24-54(60(53)68-59)63-65-61(48-34-30-45(31-35-48)42-16-6-2-7-17-42)64-62(66-63)49-36-32-46(33-37-49)43-18-8-3-9-19-43/h1-40,61H,(H,64,65,66). The van der Waals surface area contributed by atoms with Gasteiger partial charge in [0.1, 0.15) is 23.2 Å². The van der Waals surface area contributed by atoms with Gasteiger partial charge in [-0.2, -0.15) is 0 Å². The molecule has 13 rings (SSSR count). The van der Waals surface area contributed by atoms with E-state index in [0.717, 1.165) is 83.3 Å². The van der Waals surface area contributed by atoms with Crippen LogP contribution in [0, 0.1) is 0 Å². The first kappa shape index (κ1) is 39.3. The molecule has 1 aliphatic heterocycles. The van der Waals surface area contributed by atoms with Gasteiger partial charge in [0, 0.05) is 32.8 Å². The molecular weight excluding hydrogens is 829 g/mol. The van der Waals surface area contributed by atoms with Crippen molar-refractivity contribution in [3.05, 3.63) is 259 Å². The summed E-state index contributed by atoms with van der Waals surface area (Å²) in [7, 11) is 0. The number of benzene rings is 10. The summed E-state index contributed by atoms with van der Waals surface area (Å²) in [5.41, 5.74) is 17.2. The molecule has 1 aliphatic rings. The van der Waals surface area contributed by atoms with Gasteiger partial charge >= 0.3 is 0 Å². The fraction of sp³-hybridized carbons (Fsp3) is 0.0159. The number of nitrogens with one attached hydrogen (secondary N) is 1. The highest BCUT2D eigenvalue weighted by Crippen LogP contribution is 2.40. The Morgan fingerprint density at radius 3 is 1.54 bits per heavy atom. The van der Waals surface area contributed by atoms with Gasteiger partial charge in [0.2, 0.25) is 0 Å². The van der Waals surface area contributed by atoms with Gasteiger partial charge in [-0.05, 0) is 86.5 Å². The van der Waals surface area contributed by atoms with Crippen molar-refractivity contribution in [3.63, 3.8) is 0 Å². The average molecular weight is 871 g/mol. The second kappa shape index (κ2) is 16.4. The largest absolute Gasteiger partial charge is 0.455 e. The van der Waals surface area contributed by atoms with Gasteiger partial charge in [-0.3, -0.25) is 0 Å². The Labute approximate surface area is 393 Å². The molecule has 1 N–H and O–H groups in total. The molecule has 0 fully saturated rings. The molecule has 68 heavy (non-hydrogen) atoms. The number of rotatable bonds is 8. The first-order chi connectivity index (χ1) is 33.7. The zero-order valence-electron chi connectivity index (χ0n) is 36.9.